The number of piperidine rings is 1. The fourth-order valence-corrected chi connectivity index (χ4v) is 3.40. The number of nitrogens with one attached hydrogen (secondary N) is 2. The van der Waals surface area contributed by atoms with Crippen LogP contribution in [0.25, 0.3) is 0 Å². The summed E-state index contributed by atoms with van der Waals surface area (Å²) >= 11 is 0. The van der Waals surface area contributed by atoms with Crippen LogP contribution >= 0.6 is 0 Å². The van der Waals surface area contributed by atoms with Crippen molar-refractivity contribution in [2.24, 2.45) is 10.9 Å². The summed E-state index contributed by atoms with van der Waals surface area (Å²) in [5.74, 6) is -1.72. The molecule has 2 aliphatic heterocycles. The second-order valence-corrected chi connectivity index (χ2v) is 6.76. The third kappa shape index (κ3) is 4.51. The van der Waals surface area contributed by atoms with Gasteiger partial charge in [0.1, 0.15) is 5.75 Å². The molecule has 0 saturated carbocycles. The van der Waals surface area contributed by atoms with Gasteiger partial charge in [0.15, 0.2) is 5.92 Å². The number of hydrogen-bond acceptors (Lipinski definition) is 5. The van der Waals surface area contributed by atoms with Crippen molar-refractivity contribution in [3.8, 4) is 5.75 Å². The second-order valence-electron chi connectivity index (χ2n) is 6.76. The molecule has 0 bridgehead atoms. The number of nitrogens with zero attached hydrogens (tertiary/aromatic N) is 2. The van der Waals surface area contributed by atoms with Crippen LogP contribution in [0.5, 0.6) is 5.75 Å². The summed E-state index contributed by atoms with van der Waals surface area (Å²) in [4.78, 5) is 43.7. The van der Waals surface area contributed by atoms with Crippen molar-refractivity contribution >= 4 is 29.7 Å². The Hall–Kier alpha value is -2.74. The van der Waals surface area contributed by atoms with Crippen molar-refractivity contribution in [1.82, 2.24) is 5.32 Å². The molecule has 2 N–H and O–H groups in total. The normalized spacial score (nSPS) is 21.6. The first-order valence-electron chi connectivity index (χ1n) is 9.26. The zero-order valence-corrected chi connectivity index (χ0v) is 15.4. The van der Waals surface area contributed by atoms with Crippen LogP contribution in [0.3, 0.4) is 0 Å². The lowest BCUT2D eigenvalue weighted by atomic mass is 10.1. The summed E-state index contributed by atoms with van der Waals surface area (Å²) in [6, 6.07) is 5.74. The minimum absolute atomic E-state index is 0.377. The van der Waals surface area contributed by atoms with Crippen molar-refractivity contribution in [3.05, 3.63) is 24.3 Å². The van der Waals surface area contributed by atoms with Gasteiger partial charge in [-0.05, 0) is 43.5 Å². The number of urea groups is 1. The predicted octanol–water partition coefficient (Wildman–Crippen LogP) is 0.0338. The van der Waals surface area contributed by atoms with E-state index >= 15 is 0 Å². The molecule has 0 unspecified atom stereocenters. The first-order chi connectivity index (χ1) is 13.1. The number of barbiturate groups is 1. The maximum absolute atomic E-state index is 12.7. The minimum Gasteiger partial charge on any atom is -0.497 e. The lowest BCUT2D eigenvalue weighted by molar-refractivity contribution is -0.903. The molecule has 2 heterocycles. The molecular formula is C19H25N4O4+. The van der Waals surface area contributed by atoms with E-state index in [4.69, 9.17) is 4.74 Å². The molecule has 4 amide bonds. The van der Waals surface area contributed by atoms with Crippen LogP contribution in [0.1, 0.15) is 19.3 Å². The summed E-state index contributed by atoms with van der Waals surface area (Å²) in [6.45, 7) is 3.75. The zero-order chi connectivity index (χ0) is 19.2. The Balaban J connectivity index is 1.65. The molecule has 3 rings (SSSR count). The number of hydrogen-bond donors (Lipinski definition) is 2. The lowest BCUT2D eigenvalue weighted by Crippen LogP contribution is -3.13. The van der Waals surface area contributed by atoms with E-state index in [0.717, 1.165) is 24.5 Å². The third-order valence-electron chi connectivity index (χ3n) is 4.94. The zero-order valence-electron chi connectivity index (χ0n) is 15.4. The van der Waals surface area contributed by atoms with E-state index in [9.17, 15) is 14.4 Å². The molecule has 2 aliphatic rings. The van der Waals surface area contributed by atoms with Gasteiger partial charge in [0, 0.05) is 6.21 Å². The van der Waals surface area contributed by atoms with Crippen molar-refractivity contribution in [2.45, 2.75) is 19.3 Å². The highest BCUT2D eigenvalue weighted by molar-refractivity contribution is 6.32. The number of methoxy groups -OCH3 is 1. The van der Waals surface area contributed by atoms with Gasteiger partial charge in [-0.2, -0.15) is 0 Å². The van der Waals surface area contributed by atoms with Gasteiger partial charge >= 0.3 is 6.03 Å². The maximum atomic E-state index is 12.7. The van der Waals surface area contributed by atoms with Crippen LogP contribution in [0.4, 0.5) is 10.5 Å². The van der Waals surface area contributed by atoms with Crippen LogP contribution in [0, 0.1) is 5.92 Å². The Morgan fingerprint density at radius 1 is 1.19 bits per heavy atom. The summed E-state index contributed by atoms with van der Waals surface area (Å²) in [6.07, 6.45) is 5.13. The Morgan fingerprint density at radius 3 is 2.56 bits per heavy atom. The van der Waals surface area contributed by atoms with Crippen LogP contribution in [0.15, 0.2) is 29.3 Å². The maximum Gasteiger partial charge on any atom is 0.335 e. The van der Waals surface area contributed by atoms with Crippen molar-refractivity contribution in [2.75, 3.05) is 38.2 Å². The number of ether oxygens (including phenoxy) is 1. The van der Waals surface area contributed by atoms with Crippen LogP contribution < -0.4 is 19.9 Å². The van der Waals surface area contributed by atoms with Crippen molar-refractivity contribution < 1.29 is 24.0 Å². The van der Waals surface area contributed by atoms with E-state index in [1.54, 1.807) is 24.3 Å². The number of benzene rings is 1. The number of anilines is 1. The van der Waals surface area contributed by atoms with Gasteiger partial charge in [0.05, 0.1) is 39.0 Å². The van der Waals surface area contributed by atoms with E-state index in [1.807, 2.05) is 0 Å². The highest BCUT2D eigenvalue weighted by Gasteiger charge is 2.40. The van der Waals surface area contributed by atoms with E-state index in [0.29, 0.717) is 18.0 Å². The smallest absolute Gasteiger partial charge is 0.335 e. The average molecular weight is 373 g/mol. The monoisotopic (exact) mass is 373 g/mol. The molecule has 0 aliphatic carbocycles. The summed E-state index contributed by atoms with van der Waals surface area (Å²) in [5, 5.41) is 2.23. The predicted molar refractivity (Wildman–Crippen MR) is 100 cm³/mol. The quantitative estimate of drug-likeness (QED) is 0.544. The van der Waals surface area contributed by atoms with Crippen molar-refractivity contribution in [3.63, 3.8) is 0 Å². The van der Waals surface area contributed by atoms with E-state index in [1.165, 1.54) is 37.5 Å². The van der Waals surface area contributed by atoms with Gasteiger partial charge in [0.2, 0.25) is 5.91 Å². The first-order valence-corrected chi connectivity index (χ1v) is 9.26. The topological polar surface area (TPSA) is 92.5 Å². The molecule has 1 aromatic carbocycles. The minimum atomic E-state index is -1.10. The Kier molecular flexibility index (Phi) is 6.18. The molecule has 27 heavy (non-hydrogen) atoms. The molecule has 2 fully saturated rings. The molecule has 8 heteroatoms. The molecule has 144 valence electrons. The standard InChI is InChI=1S/C19H24N4O4/c1-27-15-7-5-14(6-8-15)23-18(25)16(17(24)21-19(23)26)13-20-9-12-22-10-3-2-4-11-22/h5-8,13,16H,2-4,9-12H2,1H3,(H,21,24,26)/p+1/t16-/m1/s1. The van der Waals surface area contributed by atoms with Gasteiger partial charge in [0.25, 0.3) is 5.91 Å². The molecule has 8 nitrogen and oxygen atoms in total. The molecule has 1 aromatic rings. The lowest BCUT2D eigenvalue weighted by Gasteiger charge is -2.28. The SMILES string of the molecule is COc1ccc(N2C(=O)NC(=O)[C@@H](C=NCC[NH+]3CCCCC3)C2=O)cc1. The third-order valence-corrected chi connectivity index (χ3v) is 4.94. The highest BCUT2D eigenvalue weighted by Crippen LogP contribution is 2.23. The van der Waals surface area contributed by atoms with E-state index in [2.05, 4.69) is 10.3 Å². The number of carbonyl (C=O) groups excluding carboxylic acids is 3. The number of aliphatic imine (C=N–C) groups is 1. The van der Waals surface area contributed by atoms with Gasteiger partial charge in [-0.15, -0.1) is 0 Å². The molecule has 0 radical (unpaired) electrons. The number of amides is 4. The molecule has 0 aromatic heterocycles. The summed E-state index contributed by atoms with van der Waals surface area (Å²) in [5.41, 5.74) is 0.377. The average Bonchev–Trinajstić information content (AvgIpc) is 2.68. The van der Waals surface area contributed by atoms with Gasteiger partial charge in [-0.3, -0.25) is 19.9 Å². The van der Waals surface area contributed by atoms with E-state index < -0.39 is 23.8 Å². The highest BCUT2D eigenvalue weighted by atomic mass is 16.5. The van der Waals surface area contributed by atoms with Gasteiger partial charge in [-0.25, -0.2) is 9.69 Å². The van der Waals surface area contributed by atoms with Gasteiger partial charge < -0.3 is 9.64 Å². The number of carbonyl (C=O) groups is 3. The molecule has 1 atom stereocenters. The Bertz CT molecular complexity index is 726. The largest absolute Gasteiger partial charge is 0.497 e. The number of rotatable bonds is 6. The van der Waals surface area contributed by atoms with E-state index in [-0.39, 0.29) is 0 Å². The van der Waals surface area contributed by atoms with Crippen LogP contribution in [0.2, 0.25) is 0 Å². The number of likely N-dealkylation sites (tertiary alicyclic amines) is 1. The summed E-state index contributed by atoms with van der Waals surface area (Å²) in [7, 11) is 1.53. The van der Waals surface area contributed by atoms with Gasteiger partial charge in [-0.1, -0.05) is 0 Å². The van der Waals surface area contributed by atoms with Crippen LogP contribution in [-0.4, -0.2) is 57.3 Å². The number of quaternary nitrogens is 1. The first kappa shape index (κ1) is 19.0. The number of imide groups is 2. The molecule has 0 spiro atoms. The Morgan fingerprint density at radius 2 is 1.89 bits per heavy atom. The fourth-order valence-electron chi connectivity index (χ4n) is 3.40. The van der Waals surface area contributed by atoms with Crippen LogP contribution in [-0.2, 0) is 9.59 Å². The molecule has 2 saturated heterocycles. The Labute approximate surface area is 158 Å². The molecular weight excluding hydrogens is 348 g/mol. The fraction of sp³-hybridized carbons (Fsp3) is 0.474. The second kappa shape index (κ2) is 8.77. The summed E-state index contributed by atoms with van der Waals surface area (Å²) < 4.78 is 5.08. The van der Waals surface area contributed by atoms with Crippen molar-refractivity contribution in [1.29, 1.82) is 0 Å².